The lowest BCUT2D eigenvalue weighted by molar-refractivity contribution is -0.121. The van der Waals surface area contributed by atoms with Crippen molar-refractivity contribution in [1.82, 2.24) is 15.6 Å². The van der Waals surface area contributed by atoms with Crippen LogP contribution in [0.15, 0.2) is 16.9 Å². The molecule has 1 fully saturated rings. The Kier molecular flexibility index (Phi) is 8.01. The molecule has 0 bridgehead atoms. The van der Waals surface area contributed by atoms with E-state index >= 15 is 0 Å². The number of H-pyrrole nitrogens is 1. The summed E-state index contributed by atoms with van der Waals surface area (Å²) in [6.07, 6.45) is 3.15. The molecule has 1 saturated carbocycles. The van der Waals surface area contributed by atoms with Crippen LogP contribution in [-0.4, -0.2) is 40.7 Å². The molecule has 1 atom stereocenters. The highest BCUT2D eigenvalue weighted by Gasteiger charge is 2.47. The molecule has 1 aliphatic heterocycles. The van der Waals surface area contributed by atoms with Crippen molar-refractivity contribution >= 4 is 18.3 Å². The monoisotopic (exact) mass is 553 g/mol. The van der Waals surface area contributed by atoms with Crippen LogP contribution < -0.4 is 25.7 Å². The van der Waals surface area contributed by atoms with Gasteiger partial charge >= 0.3 is 6.09 Å². The summed E-state index contributed by atoms with van der Waals surface area (Å²) in [6, 6.07) is 3.34. The molecule has 0 radical (unpaired) electrons. The van der Waals surface area contributed by atoms with Crippen LogP contribution in [0.5, 0.6) is 11.5 Å². The van der Waals surface area contributed by atoms with E-state index in [4.69, 9.17) is 14.2 Å². The third-order valence-corrected chi connectivity index (χ3v) is 7.60. The van der Waals surface area contributed by atoms with Crippen molar-refractivity contribution in [1.29, 1.82) is 0 Å². The first kappa shape index (κ1) is 29.2. The molecule has 1 aromatic heterocycles. The van der Waals surface area contributed by atoms with Crippen LogP contribution in [0.3, 0.4) is 0 Å². The molecule has 2 amide bonds. The first-order valence-corrected chi connectivity index (χ1v) is 13.7. The smallest absolute Gasteiger partial charge is 0.407 e. The maximum atomic E-state index is 13.2. The number of ether oxygens (including phenoxy) is 3. The molecule has 216 valence electrons. The molecule has 0 saturated heterocycles. The van der Waals surface area contributed by atoms with Gasteiger partial charge in [-0.15, -0.1) is 0 Å². The predicted molar refractivity (Wildman–Crippen MR) is 149 cm³/mol. The summed E-state index contributed by atoms with van der Waals surface area (Å²) in [5.41, 5.74) is 2.24. The highest BCUT2D eigenvalue weighted by Crippen LogP contribution is 2.49. The summed E-state index contributed by atoms with van der Waals surface area (Å²) in [5.74, 6) is -0.747. The lowest BCUT2D eigenvalue weighted by Crippen LogP contribution is -2.48. The van der Waals surface area contributed by atoms with Gasteiger partial charge in [0.1, 0.15) is 5.60 Å². The van der Waals surface area contributed by atoms with Gasteiger partial charge in [0, 0.05) is 47.8 Å². The standard InChI is InChI=1S/C30H39N3O7/c1-16-12-17(2)32-27(36)23(16)14-31-26(35)22-13-19(15-34)25-24(18(22)3)38-30(7,39-25)20-8-10-21(11-9-20)33-28(37)40-29(4,5)6/h12-13,15,20-21H,8-11,14H2,1-7H3,(H,31,35)(H,32,36)(H,33,37). The Hall–Kier alpha value is -3.82. The Balaban J connectivity index is 1.46. The molecule has 4 rings (SSSR count). The summed E-state index contributed by atoms with van der Waals surface area (Å²) in [6.45, 7) is 12.7. The molecule has 2 aliphatic rings. The highest BCUT2D eigenvalue weighted by molar-refractivity contribution is 5.99. The first-order chi connectivity index (χ1) is 18.7. The zero-order chi connectivity index (χ0) is 29.4. The van der Waals surface area contributed by atoms with E-state index in [9.17, 15) is 19.2 Å². The van der Waals surface area contributed by atoms with Crippen LogP contribution in [0.2, 0.25) is 0 Å². The topological polar surface area (TPSA) is 136 Å². The van der Waals surface area contributed by atoms with Crippen molar-refractivity contribution in [3.05, 3.63) is 56.0 Å². The average molecular weight is 554 g/mol. The number of hydrogen-bond donors (Lipinski definition) is 3. The van der Waals surface area contributed by atoms with Crippen molar-refractivity contribution in [2.75, 3.05) is 0 Å². The number of benzene rings is 1. The molecule has 2 aromatic rings. The third kappa shape index (κ3) is 6.16. The van der Waals surface area contributed by atoms with Crippen molar-refractivity contribution in [3.63, 3.8) is 0 Å². The number of carbonyl (C=O) groups excluding carboxylic acids is 3. The van der Waals surface area contributed by atoms with Crippen LogP contribution >= 0.6 is 0 Å². The highest BCUT2D eigenvalue weighted by atomic mass is 16.7. The largest absolute Gasteiger partial charge is 0.448 e. The average Bonchev–Trinajstić information content (AvgIpc) is 3.22. The lowest BCUT2D eigenvalue weighted by Gasteiger charge is -2.37. The second-order valence-corrected chi connectivity index (χ2v) is 12.0. The fourth-order valence-corrected chi connectivity index (χ4v) is 5.50. The zero-order valence-corrected chi connectivity index (χ0v) is 24.3. The van der Waals surface area contributed by atoms with Crippen LogP contribution in [0.25, 0.3) is 0 Å². The van der Waals surface area contributed by atoms with Crippen LogP contribution in [0.1, 0.15) is 96.5 Å². The van der Waals surface area contributed by atoms with E-state index in [0.717, 1.165) is 36.9 Å². The number of hydrogen-bond acceptors (Lipinski definition) is 7. The minimum absolute atomic E-state index is 0.00371. The Bertz CT molecular complexity index is 1380. The second-order valence-electron chi connectivity index (χ2n) is 12.0. The van der Waals surface area contributed by atoms with E-state index < -0.39 is 23.4 Å². The van der Waals surface area contributed by atoms with Gasteiger partial charge in [-0.05, 0) is 84.9 Å². The number of aryl methyl sites for hydroxylation is 2. The molecule has 2 heterocycles. The third-order valence-electron chi connectivity index (χ3n) is 7.60. The van der Waals surface area contributed by atoms with E-state index in [-0.39, 0.29) is 35.2 Å². The van der Waals surface area contributed by atoms with E-state index in [0.29, 0.717) is 28.9 Å². The van der Waals surface area contributed by atoms with Gasteiger partial charge in [-0.25, -0.2) is 4.79 Å². The molecule has 10 heteroatoms. The molecular formula is C30H39N3O7. The van der Waals surface area contributed by atoms with Gasteiger partial charge in [0.15, 0.2) is 17.8 Å². The minimum atomic E-state index is -1.02. The van der Waals surface area contributed by atoms with Gasteiger partial charge in [-0.1, -0.05) is 0 Å². The van der Waals surface area contributed by atoms with Crippen LogP contribution in [0, 0.1) is 26.7 Å². The molecule has 40 heavy (non-hydrogen) atoms. The number of aldehydes is 1. The molecule has 1 unspecified atom stereocenters. The lowest BCUT2D eigenvalue weighted by atomic mass is 9.81. The molecule has 1 aliphatic carbocycles. The van der Waals surface area contributed by atoms with Gasteiger partial charge in [0.2, 0.25) is 0 Å². The molecule has 1 aromatic carbocycles. The van der Waals surface area contributed by atoms with Crippen molar-refractivity contribution in [2.45, 2.75) is 98.1 Å². The van der Waals surface area contributed by atoms with Crippen molar-refractivity contribution < 1.29 is 28.6 Å². The number of aromatic amines is 1. The normalized spacial score (nSPS) is 22.0. The molecule has 0 spiro atoms. The number of alkyl carbamates (subject to hydrolysis) is 1. The quantitative estimate of drug-likeness (QED) is 0.444. The number of fused-ring (bicyclic) bond motifs is 1. The fourth-order valence-electron chi connectivity index (χ4n) is 5.50. The van der Waals surface area contributed by atoms with E-state index in [1.54, 1.807) is 13.8 Å². The Labute approximate surface area is 234 Å². The molecule has 10 nitrogen and oxygen atoms in total. The number of rotatable bonds is 6. The van der Waals surface area contributed by atoms with Crippen molar-refractivity contribution in [2.24, 2.45) is 5.92 Å². The van der Waals surface area contributed by atoms with E-state index in [1.807, 2.05) is 40.7 Å². The van der Waals surface area contributed by atoms with Crippen LogP contribution in [0.4, 0.5) is 4.79 Å². The number of pyridine rings is 1. The van der Waals surface area contributed by atoms with Gasteiger partial charge in [-0.3, -0.25) is 14.4 Å². The van der Waals surface area contributed by atoms with Gasteiger partial charge in [0.05, 0.1) is 5.56 Å². The summed E-state index contributed by atoms with van der Waals surface area (Å²) in [4.78, 5) is 52.5. The van der Waals surface area contributed by atoms with Gasteiger partial charge in [0.25, 0.3) is 17.3 Å². The molecular weight excluding hydrogens is 514 g/mol. The predicted octanol–water partition coefficient (Wildman–Crippen LogP) is 4.61. The summed E-state index contributed by atoms with van der Waals surface area (Å²) >= 11 is 0. The number of carbonyl (C=O) groups is 3. The Morgan fingerprint density at radius 3 is 2.35 bits per heavy atom. The minimum Gasteiger partial charge on any atom is -0.448 e. The molecule has 3 N–H and O–H groups in total. The first-order valence-electron chi connectivity index (χ1n) is 13.7. The Morgan fingerprint density at radius 1 is 1.10 bits per heavy atom. The zero-order valence-electron chi connectivity index (χ0n) is 24.3. The SMILES string of the molecule is Cc1cc(C)c(CNC(=O)c2cc(C=O)c3c(c2C)OC(C)(C2CCC(NC(=O)OC(C)(C)C)CC2)O3)c(=O)[nH]1. The van der Waals surface area contributed by atoms with Crippen LogP contribution in [-0.2, 0) is 11.3 Å². The van der Waals surface area contributed by atoms with Gasteiger partial charge in [-0.2, -0.15) is 0 Å². The summed E-state index contributed by atoms with van der Waals surface area (Å²) in [5, 5.41) is 5.74. The Morgan fingerprint density at radius 2 is 1.75 bits per heavy atom. The summed E-state index contributed by atoms with van der Waals surface area (Å²) < 4.78 is 18.0. The van der Waals surface area contributed by atoms with Crippen molar-refractivity contribution in [3.8, 4) is 11.5 Å². The summed E-state index contributed by atoms with van der Waals surface area (Å²) in [7, 11) is 0. The van der Waals surface area contributed by atoms with E-state index in [1.165, 1.54) is 6.07 Å². The number of nitrogens with one attached hydrogen (secondary N) is 3. The number of amides is 2. The maximum Gasteiger partial charge on any atom is 0.407 e. The van der Waals surface area contributed by atoms with E-state index in [2.05, 4.69) is 15.6 Å². The van der Waals surface area contributed by atoms with Gasteiger partial charge < -0.3 is 29.8 Å². The second kappa shape index (κ2) is 11.0. The fraction of sp³-hybridized carbons (Fsp3) is 0.533. The maximum absolute atomic E-state index is 13.2. The number of aromatic nitrogens is 1.